The van der Waals surface area contributed by atoms with Crippen molar-refractivity contribution in [1.82, 2.24) is 4.90 Å². The third-order valence-corrected chi connectivity index (χ3v) is 6.22. The SMILES string of the molecule is Cc1ccc([C@@H]2[C@H](C(=O)N3CCN(c4cc(C(F)(F)F)ccc4C)CC3)C2(F)F)cc1. The van der Waals surface area contributed by atoms with Gasteiger partial charge in [-0.2, -0.15) is 13.2 Å². The zero-order valence-electron chi connectivity index (χ0n) is 17.2. The smallest absolute Gasteiger partial charge is 0.368 e. The van der Waals surface area contributed by atoms with Gasteiger partial charge in [0.1, 0.15) is 5.92 Å². The minimum Gasteiger partial charge on any atom is -0.368 e. The second-order valence-electron chi connectivity index (χ2n) is 8.35. The zero-order chi connectivity index (χ0) is 22.6. The number of carbonyl (C=O) groups is 1. The van der Waals surface area contributed by atoms with Crippen LogP contribution in [0.15, 0.2) is 42.5 Å². The Labute approximate surface area is 177 Å². The first kappa shape index (κ1) is 21.6. The Morgan fingerprint density at radius 2 is 1.58 bits per heavy atom. The van der Waals surface area contributed by atoms with Gasteiger partial charge >= 0.3 is 6.18 Å². The Morgan fingerprint density at radius 3 is 2.16 bits per heavy atom. The maximum absolute atomic E-state index is 14.4. The van der Waals surface area contributed by atoms with E-state index in [-0.39, 0.29) is 13.1 Å². The summed E-state index contributed by atoms with van der Waals surface area (Å²) in [6.45, 7) is 4.57. The van der Waals surface area contributed by atoms with Crippen molar-refractivity contribution in [3.63, 3.8) is 0 Å². The van der Waals surface area contributed by atoms with Crippen LogP contribution in [0.4, 0.5) is 27.6 Å². The van der Waals surface area contributed by atoms with Gasteiger partial charge in [-0.3, -0.25) is 4.79 Å². The predicted octanol–water partition coefficient (Wildman–Crippen LogP) is 5.02. The van der Waals surface area contributed by atoms with E-state index in [1.54, 1.807) is 36.1 Å². The zero-order valence-corrected chi connectivity index (χ0v) is 17.2. The van der Waals surface area contributed by atoms with Crippen LogP contribution in [0, 0.1) is 19.8 Å². The van der Waals surface area contributed by atoms with E-state index in [9.17, 15) is 26.7 Å². The van der Waals surface area contributed by atoms with E-state index < -0.39 is 35.4 Å². The first-order chi connectivity index (χ1) is 14.5. The lowest BCUT2D eigenvalue weighted by Gasteiger charge is -2.37. The fraction of sp³-hybridized carbons (Fsp3) is 0.435. The molecule has 166 valence electrons. The van der Waals surface area contributed by atoms with Crippen molar-refractivity contribution in [1.29, 1.82) is 0 Å². The molecular weight excluding hydrogens is 415 g/mol. The maximum atomic E-state index is 14.4. The molecule has 0 N–H and O–H groups in total. The van der Waals surface area contributed by atoms with E-state index in [1.165, 1.54) is 11.0 Å². The largest absolute Gasteiger partial charge is 0.416 e. The highest BCUT2D eigenvalue weighted by Crippen LogP contribution is 2.62. The Balaban J connectivity index is 1.44. The predicted molar refractivity (Wildman–Crippen MR) is 107 cm³/mol. The molecule has 3 nitrogen and oxygen atoms in total. The fourth-order valence-corrected chi connectivity index (χ4v) is 4.31. The summed E-state index contributed by atoms with van der Waals surface area (Å²) in [5, 5.41) is 0. The van der Waals surface area contributed by atoms with Gasteiger partial charge < -0.3 is 9.80 Å². The maximum Gasteiger partial charge on any atom is 0.416 e. The van der Waals surface area contributed by atoms with E-state index in [2.05, 4.69) is 0 Å². The molecule has 2 aromatic rings. The number of piperazine rings is 1. The number of hydrogen-bond acceptors (Lipinski definition) is 2. The van der Waals surface area contributed by atoms with Gasteiger partial charge in [0.05, 0.1) is 11.5 Å². The highest BCUT2D eigenvalue weighted by atomic mass is 19.4. The van der Waals surface area contributed by atoms with Crippen molar-refractivity contribution in [2.24, 2.45) is 5.92 Å². The molecule has 1 aliphatic heterocycles. The summed E-state index contributed by atoms with van der Waals surface area (Å²) in [6, 6.07) is 10.3. The molecule has 0 spiro atoms. The normalized spacial score (nSPS) is 23.1. The molecule has 0 unspecified atom stereocenters. The van der Waals surface area contributed by atoms with Crippen LogP contribution in [0.1, 0.15) is 28.2 Å². The van der Waals surface area contributed by atoms with Crippen LogP contribution in [0.5, 0.6) is 0 Å². The minimum atomic E-state index is -4.44. The van der Waals surface area contributed by atoms with E-state index in [1.807, 2.05) is 6.92 Å². The van der Waals surface area contributed by atoms with Crippen LogP contribution < -0.4 is 4.90 Å². The summed E-state index contributed by atoms with van der Waals surface area (Å²) < 4.78 is 68.1. The number of nitrogens with zero attached hydrogens (tertiary/aromatic N) is 2. The molecule has 2 atom stereocenters. The van der Waals surface area contributed by atoms with E-state index >= 15 is 0 Å². The van der Waals surface area contributed by atoms with Gasteiger partial charge in [-0.25, -0.2) is 8.78 Å². The Morgan fingerprint density at radius 1 is 0.968 bits per heavy atom. The van der Waals surface area contributed by atoms with Crippen LogP contribution in [-0.4, -0.2) is 42.9 Å². The Kier molecular flexibility index (Phi) is 5.22. The second kappa shape index (κ2) is 7.50. The molecule has 8 heteroatoms. The summed E-state index contributed by atoms with van der Waals surface area (Å²) in [5.41, 5.74) is 1.83. The molecule has 2 fully saturated rings. The molecule has 2 aliphatic rings. The summed E-state index contributed by atoms with van der Waals surface area (Å²) >= 11 is 0. The van der Waals surface area contributed by atoms with Gasteiger partial charge in [0.15, 0.2) is 0 Å². The molecule has 0 bridgehead atoms. The third-order valence-electron chi connectivity index (χ3n) is 6.22. The van der Waals surface area contributed by atoms with Crippen LogP contribution >= 0.6 is 0 Å². The molecule has 2 aromatic carbocycles. The number of rotatable bonds is 3. The number of aryl methyl sites for hydroxylation is 2. The highest BCUT2D eigenvalue weighted by molar-refractivity contribution is 5.85. The lowest BCUT2D eigenvalue weighted by atomic mass is 10.1. The minimum absolute atomic E-state index is 0.196. The number of alkyl halides is 5. The lowest BCUT2D eigenvalue weighted by Crippen LogP contribution is -2.50. The van der Waals surface area contributed by atoms with Gasteiger partial charge in [0, 0.05) is 31.9 Å². The molecule has 1 amide bonds. The topological polar surface area (TPSA) is 23.6 Å². The van der Waals surface area contributed by atoms with Gasteiger partial charge in [0.25, 0.3) is 5.92 Å². The van der Waals surface area contributed by atoms with E-state index in [4.69, 9.17) is 0 Å². The molecule has 1 saturated heterocycles. The summed E-state index contributed by atoms with van der Waals surface area (Å²) in [6.07, 6.45) is -4.44. The summed E-state index contributed by atoms with van der Waals surface area (Å²) in [7, 11) is 0. The average Bonchev–Trinajstić information content (AvgIpc) is 3.29. The number of hydrogen-bond donors (Lipinski definition) is 0. The Bertz CT molecular complexity index is 978. The van der Waals surface area contributed by atoms with Crippen molar-refractivity contribution in [3.8, 4) is 0 Å². The van der Waals surface area contributed by atoms with Crippen molar-refractivity contribution < 1.29 is 26.7 Å². The van der Waals surface area contributed by atoms with Gasteiger partial charge in [-0.15, -0.1) is 0 Å². The van der Waals surface area contributed by atoms with Crippen molar-refractivity contribution >= 4 is 11.6 Å². The third kappa shape index (κ3) is 4.00. The highest BCUT2D eigenvalue weighted by Gasteiger charge is 2.72. The number of carbonyl (C=O) groups excluding carboxylic acids is 1. The molecular formula is C23H23F5N2O. The van der Waals surface area contributed by atoms with Crippen molar-refractivity contribution in [2.75, 3.05) is 31.1 Å². The molecule has 1 heterocycles. The van der Waals surface area contributed by atoms with Crippen LogP contribution in [0.3, 0.4) is 0 Å². The van der Waals surface area contributed by atoms with Crippen LogP contribution in [0.2, 0.25) is 0 Å². The quantitative estimate of drug-likeness (QED) is 0.629. The first-order valence-electron chi connectivity index (χ1n) is 10.2. The van der Waals surface area contributed by atoms with E-state index in [0.29, 0.717) is 29.9 Å². The first-order valence-corrected chi connectivity index (χ1v) is 10.2. The standard InChI is InChI=1S/C23H23F5N2O/c1-14-3-6-16(7-4-14)19-20(22(19,24)25)21(31)30-11-9-29(10-12-30)18-13-17(23(26,27)28)8-5-15(18)2/h3-8,13,19-20H,9-12H2,1-2H3/t19-,20-/m1/s1. The molecule has 1 saturated carbocycles. The Hall–Kier alpha value is -2.64. The molecule has 0 radical (unpaired) electrons. The number of halogens is 5. The summed E-state index contributed by atoms with van der Waals surface area (Å²) in [5.74, 6) is -6.17. The molecule has 31 heavy (non-hydrogen) atoms. The van der Waals surface area contributed by atoms with E-state index in [0.717, 1.165) is 17.7 Å². The average molecular weight is 438 g/mol. The number of amides is 1. The monoisotopic (exact) mass is 438 g/mol. The van der Waals surface area contributed by atoms with Crippen molar-refractivity contribution in [2.45, 2.75) is 31.9 Å². The lowest BCUT2D eigenvalue weighted by molar-refractivity contribution is -0.137. The number of benzene rings is 2. The van der Waals surface area contributed by atoms with Gasteiger partial charge in [-0.05, 0) is 37.1 Å². The summed E-state index contributed by atoms with van der Waals surface area (Å²) in [4.78, 5) is 16.0. The second-order valence-corrected chi connectivity index (χ2v) is 8.35. The molecule has 1 aliphatic carbocycles. The number of anilines is 1. The molecule has 4 rings (SSSR count). The molecule has 0 aromatic heterocycles. The van der Waals surface area contributed by atoms with Crippen molar-refractivity contribution in [3.05, 3.63) is 64.7 Å². The van der Waals surface area contributed by atoms with Gasteiger partial charge in [0.2, 0.25) is 5.91 Å². The van der Waals surface area contributed by atoms with Crippen LogP contribution in [0.25, 0.3) is 0 Å². The fourth-order valence-electron chi connectivity index (χ4n) is 4.31. The van der Waals surface area contributed by atoms with Crippen LogP contribution in [-0.2, 0) is 11.0 Å². The van der Waals surface area contributed by atoms with Gasteiger partial charge in [-0.1, -0.05) is 35.9 Å².